The number of carbonyl (C=O) groups excluding carboxylic acids is 1. The van der Waals surface area contributed by atoms with Gasteiger partial charge in [0.25, 0.3) is 5.91 Å². The fraction of sp³-hybridized carbons (Fsp3) is 0.368. The maximum atomic E-state index is 13.2. The molecule has 1 fully saturated rings. The van der Waals surface area contributed by atoms with Crippen molar-refractivity contribution in [1.82, 2.24) is 14.2 Å². The molecule has 7 nitrogen and oxygen atoms in total. The van der Waals surface area contributed by atoms with E-state index in [0.29, 0.717) is 11.3 Å². The predicted molar refractivity (Wildman–Crippen MR) is 99.4 cm³/mol. The fourth-order valence-electron chi connectivity index (χ4n) is 3.87. The molecule has 2 aliphatic heterocycles. The Morgan fingerprint density at radius 1 is 1.13 bits per heavy atom. The lowest BCUT2D eigenvalue weighted by Gasteiger charge is -2.36. The highest BCUT2D eigenvalue weighted by Crippen LogP contribution is 2.37. The summed E-state index contributed by atoms with van der Waals surface area (Å²) in [5.74, 6) is -0.664. The van der Waals surface area contributed by atoms with Crippen LogP contribution in [0.25, 0.3) is 0 Å². The van der Waals surface area contributed by atoms with E-state index in [-0.39, 0.29) is 36.0 Å². The Morgan fingerprint density at radius 2 is 1.87 bits per heavy atom. The van der Waals surface area contributed by atoms with Crippen molar-refractivity contribution in [2.24, 2.45) is 0 Å². The van der Waals surface area contributed by atoms with Crippen LogP contribution in [0.1, 0.15) is 33.4 Å². The number of pyridine rings is 1. The highest BCUT2D eigenvalue weighted by molar-refractivity contribution is 7.89. The standard InChI is InChI=1S/C19H18F3N3O4S/c1-11-9-13(29-19(20,21)22)4-6-16(11)30(27,28)24-7-8-25-15(10-24)17-14(18(25)26)5-3-12(2)23-17/h3-6,9,15H,7-8,10H2,1-2H3. The van der Waals surface area contributed by atoms with Crippen LogP contribution in [0.15, 0.2) is 35.2 Å². The van der Waals surface area contributed by atoms with Gasteiger partial charge in [0.15, 0.2) is 0 Å². The van der Waals surface area contributed by atoms with Crippen molar-refractivity contribution in [3.8, 4) is 5.75 Å². The fourth-order valence-corrected chi connectivity index (χ4v) is 5.51. The lowest BCUT2D eigenvalue weighted by molar-refractivity contribution is -0.274. The number of hydrogen-bond donors (Lipinski definition) is 0. The van der Waals surface area contributed by atoms with E-state index in [2.05, 4.69) is 9.72 Å². The number of amides is 1. The average molecular weight is 441 g/mol. The molecule has 2 aliphatic rings. The van der Waals surface area contributed by atoms with Gasteiger partial charge in [-0.1, -0.05) is 0 Å². The number of nitrogens with zero attached hydrogens (tertiary/aromatic N) is 3. The van der Waals surface area contributed by atoms with E-state index < -0.39 is 28.2 Å². The summed E-state index contributed by atoms with van der Waals surface area (Å²) in [6.45, 7) is 3.51. The van der Waals surface area contributed by atoms with Gasteiger partial charge < -0.3 is 9.64 Å². The molecule has 0 saturated carbocycles. The largest absolute Gasteiger partial charge is 0.573 e. The number of rotatable bonds is 3. The predicted octanol–water partition coefficient (Wildman–Crippen LogP) is 2.80. The first kappa shape index (κ1) is 20.6. The smallest absolute Gasteiger partial charge is 0.406 e. The van der Waals surface area contributed by atoms with Crippen LogP contribution in [-0.2, 0) is 10.0 Å². The first-order valence-corrected chi connectivity index (χ1v) is 10.6. The molecule has 0 aliphatic carbocycles. The summed E-state index contributed by atoms with van der Waals surface area (Å²) in [6.07, 6.45) is -4.86. The van der Waals surface area contributed by atoms with Gasteiger partial charge in [-0.3, -0.25) is 9.78 Å². The van der Waals surface area contributed by atoms with E-state index in [9.17, 15) is 26.4 Å². The SMILES string of the molecule is Cc1ccc2c(n1)C1CN(S(=O)(=O)c3ccc(OC(F)(F)F)cc3C)CCN1C2=O. The van der Waals surface area contributed by atoms with Crippen LogP contribution in [0, 0.1) is 13.8 Å². The van der Waals surface area contributed by atoms with Crippen molar-refractivity contribution >= 4 is 15.9 Å². The number of aromatic nitrogens is 1. The number of halogens is 3. The Balaban J connectivity index is 1.63. The van der Waals surface area contributed by atoms with Gasteiger partial charge in [-0.05, 0) is 49.7 Å². The summed E-state index contributed by atoms with van der Waals surface area (Å²) in [4.78, 5) is 18.5. The van der Waals surface area contributed by atoms with Gasteiger partial charge in [0.2, 0.25) is 10.0 Å². The summed E-state index contributed by atoms with van der Waals surface area (Å²) in [5.41, 5.74) is 1.87. The van der Waals surface area contributed by atoms with Crippen molar-refractivity contribution in [3.05, 3.63) is 52.8 Å². The maximum Gasteiger partial charge on any atom is 0.573 e. The summed E-state index contributed by atoms with van der Waals surface area (Å²) in [7, 11) is -3.99. The summed E-state index contributed by atoms with van der Waals surface area (Å²) in [6, 6.07) is 6.05. The average Bonchev–Trinajstić information content (AvgIpc) is 2.91. The molecule has 1 atom stereocenters. The molecule has 1 aromatic heterocycles. The van der Waals surface area contributed by atoms with Crippen LogP contribution in [0.3, 0.4) is 0 Å². The van der Waals surface area contributed by atoms with Gasteiger partial charge >= 0.3 is 6.36 Å². The number of piperazine rings is 1. The minimum absolute atomic E-state index is 0.0256. The molecule has 1 saturated heterocycles. The third-order valence-corrected chi connectivity index (χ3v) is 7.24. The molecule has 2 aromatic rings. The number of alkyl halides is 3. The molecule has 0 radical (unpaired) electrons. The minimum Gasteiger partial charge on any atom is -0.406 e. The minimum atomic E-state index is -4.86. The van der Waals surface area contributed by atoms with Crippen LogP contribution in [0.2, 0.25) is 0 Å². The van der Waals surface area contributed by atoms with Gasteiger partial charge in [0.05, 0.1) is 22.2 Å². The quantitative estimate of drug-likeness (QED) is 0.732. The molecule has 30 heavy (non-hydrogen) atoms. The van der Waals surface area contributed by atoms with Crippen molar-refractivity contribution < 1.29 is 31.1 Å². The Labute approximate surface area is 171 Å². The van der Waals surface area contributed by atoms with Gasteiger partial charge in [-0.15, -0.1) is 13.2 Å². The Kier molecular flexibility index (Phi) is 4.77. The van der Waals surface area contributed by atoms with Crippen LogP contribution in [-0.4, -0.2) is 54.5 Å². The molecule has 3 heterocycles. The Hall–Kier alpha value is -2.66. The molecule has 11 heteroatoms. The molecular formula is C19H18F3N3O4S. The molecule has 160 valence electrons. The van der Waals surface area contributed by atoms with Crippen LogP contribution < -0.4 is 4.74 Å². The third-order valence-electron chi connectivity index (χ3n) is 5.21. The van der Waals surface area contributed by atoms with Gasteiger partial charge in [0, 0.05) is 25.3 Å². The normalized spacial score (nSPS) is 19.6. The van der Waals surface area contributed by atoms with E-state index in [4.69, 9.17) is 0 Å². The van der Waals surface area contributed by atoms with E-state index in [0.717, 1.165) is 23.9 Å². The first-order valence-electron chi connectivity index (χ1n) is 9.12. The highest BCUT2D eigenvalue weighted by Gasteiger charge is 2.44. The van der Waals surface area contributed by atoms with E-state index >= 15 is 0 Å². The highest BCUT2D eigenvalue weighted by atomic mass is 32.2. The molecule has 0 N–H and O–H groups in total. The number of ether oxygens (including phenoxy) is 1. The molecule has 4 rings (SSSR count). The van der Waals surface area contributed by atoms with Gasteiger partial charge in [-0.25, -0.2) is 8.42 Å². The number of carbonyl (C=O) groups is 1. The number of hydrogen-bond acceptors (Lipinski definition) is 5. The molecule has 1 unspecified atom stereocenters. The zero-order chi connectivity index (χ0) is 21.8. The van der Waals surface area contributed by atoms with Crippen LogP contribution in [0.5, 0.6) is 5.75 Å². The van der Waals surface area contributed by atoms with Crippen molar-refractivity contribution in [3.63, 3.8) is 0 Å². The third kappa shape index (κ3) is 3.52. The Bertz CT molecular complexity index is 1130. The lowest BCUT2D eigenvalue weighted by atomic mass is 10.1. The number of aryl methyl sites for hydroxylation is 2. The van der Waals surface area contributed by atoms with Crippen molar-refractivity contribution in [2.75, 3.05) is 19.6 Å². The number of benzene rings is 1. The van der Waals surface area contributed by atoms with Crippen LogP contribution >= 0.6 is 0 Å². The summed E-state index contributed by atoms with van der Waals surface area (Å²) in [5, 5.41) is 0. The second kappa shape index (κ2) is 6.95. The zero-order valence-corrected chi connectivity index (χ0v) is 16.9. The monoisotopic (exact) mass is 441 g/mol. The van der Waals surface area contributed by atoms with Crippen LogP contribution in [0.4, 0.5) is 13.2 Å². The second-order valence-corrected chi connectivity index (χ2v) is 9.14. The molecule has 1 aromatic carbocycles. The summed E-state index contributed by atoms with van der Waals surface area (Å²) >= 11 is 0. The zero-order valence-electron chi connectivity index (χ0n) is 16.1. The summed E-state index contributed by atoms with van der Waals surface area (Å²) < 4.78 is 68.7. The van der Waals surface area contributed by atoms with Gasteiger partial charge in [-0.2, -0.15) is 4.31 Å². The maximum absolute atomic E-state index is 13.2. The van der Waals surface area contributed by atoms with E-state index in [1.807, 2.05) is 0 Å². The van der Waals surface area contributed by atoms with E-state index in [1.54, 1.807) is 24.0 Å². The Morgan fingerprint density at radius 3 is 2.53 bits per heavy atom. The van der Waals surface area contributed by atoms with Crippen molar-refractivity contribution in [2.45, 2.75) is 31.1 Å². The molecular weight excluding hydrogens is 423 g/mol. The number of sulfonamides is 1. The topological polar surface area (TPSA) is 79.8 Å². The van der Waals surface area contributed by atoms with E-state index in [1.165, 1.54) is 11.2 Å². The molecule has 0 spiro atoms. The number of fused-ring (bicyclic) bond motifs is 3. The van der Waals surface area contributed by atoms with Gasteiger partial charge in [0.1, 0.15) is 5.75 Å². The molecule has 1 amide bonds. The second-order valence-electron chi connectivity index (χ2n) is 7.24. The van der Waals surface area contributed by atoms with Crippen molar-refractivity contribution in [1.29, 1.82) is 0 Å². The lowest BCUT2D eigenvalue weighted by Crippen LogP contribution is -2.49. The first-order chi connectivity index (χ1) is 14.0. The molecule has 0 bridgehead atoms.